The van der Waals surface area contributed by atoms with Crippen LogP contribution in [0.3, 0.4) is 0 Å². The number of hydrogen-bond acceptors (Lipinski definition) is 3. The number of rotatable bonds is 8. The summed E-state index contributed by atoms with van der Waals surface area (Å²) in [6.45, 7) is 4.31. The molecule has 0 spiro atoms. The Kier molecular flexibility index (Phi) is 5.75. The maximum atomic E-state index is 5.80. The van der Waals surface area contributed by atoms with E-state index in [2.05, 4.69) is 17.3 Å². The van der Waals surface area contributed by atoms with Gasteiger partial charge in [0, 0.05) is 18.7 Å². The van der Waals surface area contributed by atoms with Gasteiger partial charge in [0.25, 0.3) is 0 Å². The van der Waals surface area contributed by atoms with Gasteiger partial charge in [0.05, 0.1) is 6.61 Å². The Morgan fingerprint density at radius 3 is 2.82 bits per heavy atom. The molecule has 0 aromatic heterocycles. The maximum absolute atomic E-state index is 5.80. The topological polar surface area (TPSA) is 24.5 Å². The highest BCUT2D eigenvalue weighted by Crippen LogP contribution is 2.18. The van der Waals surface area contributed by atoms with Crippen LogP contribution in [-0.4, -0.2) is 50.3 Å². The number of unbranched alkanes of at least 4 members (excludes halogenated alkanes) is 1. The van der Waals surface area contributed by atoms with Gasteiger partial charge in [0.2, 0.25) is 0 Å². The summed E-state index contributed by atoms with van der Waals surface area (Å²) in [5.74, 6) is 0. The van der Waals surface area contributed by atoms with Crippen LogP contribution in [-0.2, 0) is 4.74 Å². The minimum atomic E-state index is 0.674. The molecule has 2 aliphatic rings. The van der Waals surface area contributed by atoms with Gasteiger partial charge in [-0.15, -0.1) is 0 Å². The minimum absolute atomic E-state index is 0.674. The van der Waals surface area contributed by atoms with Crippen molar-refractivity contribution in [3.8, 4) is 0 Å². The molecule has 0 amide bonds. The van der Waals surface area contributed by atoms with Gasteiger partial charge in [-0.2, -0.15) is 0 Å². The highest BCUT2D eigenvalue weighted by Gasteiger charge is 2.20. The lowest BCUT2D eigenvalue weighted by Gasteiger charge is -2.32. The van der Waals surface area contributed by atoms with Crippen molar-refractivity contribution in [1.29, 1.82) is 0 Å². The molecule has 2 fully saturated rings. The van der Waals surface area contributed by atoms with Gasteiger partial charge in [-0.1, -0.05) is 6.42 Å². The second kappa shape index (κ2) is 7.34. The van der Waals surface area contributed by atoms with E-state index in [0.717, 1.165) is 19.3 Å². The fourth-order valence-corrected chi connectivity index (χ4v) is 2.50. The lowest BCUT2D eigenvalue weighted by atomic mass is 10.0. The summed E-state index contributed by atoms with van der Waals surface area (Å²) in [7, 11) is 2.23. The van der Waals surface area contributed by atoms with E-state index in [4.69, 9.17) is 4.74 Å². The zero-order chi connectivity index (χ0) is 11.9. The van der Waals surface area contributed by atoms with E-state index in [1.165, 1.54) is 58.0 Å². The number of nitrogens with one attached hydrogen (secondary N) is 1. The molecule has 1 saturated carbocycles. The van der Waals surface area contributed by atoms with Gasteiger partial charge in [0.1, 0.15) is 0 Å². The molecule has 1 atom stereocenters. The van der Waals surface area contributed by atoms with Crippen LogP contribution in [0.15, 0.2) is 0 Å². The predicted molar refractivity (Wildman–Crippen MR) is 71.3 cm³/mol. The summed E-state index contributed by atoms with van der Waals surface area (Å²) < 4.78 is 5.80. The molecule has 1 aliphatic heterocycles. The Balaban J connectivity index is 1.39. The van der Waals surface area contributed by atoms with E-state index >= 15 is 0 Å². The van der Waals surface area contributed by atoms with Crippen LogP contribution in [0.1, 0.15) is 44.9 Å². The second-order valence-electron chi connectivity index (χ2n) is 5.64. The number of likely N-dealkylation sites (N-methyl/N-ethyl adjacent to an activating group) is 1. The van der Waals surface area contributed by atoms with Crippen molar-refractivity contribution < 1.29 is 4.74 Å². The first-order valence-corrected chi connectivity index (χ1v) is 7.37. The normalized spacial score (nSPS) is 26.3. The average Bonchev–Trinajstić information content (AvgIpc) is 3.14. The molecule has 3 heteroatoms. The molecule has 17 heavy (non-hydrogen) atoms. The molecule has 100 valence electrons. The van der Waals surface area contributed by atoms with E-state index < -0.39 is 0 Å². The van der Waals surface area contributed by atoms with Crippen molar-refractivity contribution >= 4 is 0 Å². The molecule has 1 unspecified atom stereocenters. The number of piperidine rings is 1. The smallest absolute Gasteiger partial charge is 0.0621 e. The molecule has 1 aliphatic carbocycles. The van der Waals surface area contributed by atoms with Gasteiger partial charge < -0.3 is 15.0 Å². The third-order valence-corrected chi connectivity index (χ3v) is 3.96. The van der Waals surface area contributed by atoms with Crippen molar-refractivity contribution in [2.75, 3.05) is 33.4 Å². The predicted octanol–water partition coefficient (Wildman–Crippen LogP) is 2.02. The first-order valence-electron chi connectivity index (χ1n) is 7.37. The van der Waals surface area contributed by atoms with E-state index in [0.29, 0.717) is 6.04 Å². The fourth-order valence-electron chi connectivity index (χ4n) is 2.50. The van der Waals surface area contributed by atoms with Crippen LogP contribution in [0.25, 0.3) is 0 Å². The quantitative estimate of drug-likeness (QED) is 0.657. The fraction of sp³-hybridized carbons (Fsp3) is 1.00. The molecule has 0 bridgehead atoms. The zero-order valence-electron chi connectivity index (χ0n) is 11.3. The van der Waals surface area contributed by atoms with Crippen molar-refractivity contribution in [2.24, 2.45) is 0 Å². The molecule has 2 rings (SSSR count). The van der Waals surface area contributed by atoms with Crippen LogP contribution in [0.4, 0.5) is 0 Å². The Morgan fingerprint density at radius 2 is 2.06 bits per heavy atom. The van der Waals surface area contributed by atoms with Gasteiger partial charge in [-0.05, 0) is 58.7 Å². The molecule has 0 radical (unpaired) electrons. The molecule has 0 aromatic rings. The number of nitrogens with zero attached hydrogens (tertiary/aromatic N) is 1. The van der Waals surface area contributed by atoms with Crippen molar-refractivity contribution in [2.45, 2.75) is 57.0 Å². The van der Waals surface area contributed by atoms with Crippen molar-refractivity contribution in [3.05, 3.63) is 0 Å². The Labute approximate surface area is 106 Å². The van der Waals surface area contributed by atoms with Crippen LogP contribution >= 0.6 is 0 Å². The molecule has 1 N–H and O–H groups in total. The summed E-state index contributed by atoms with van der Waals surface area (Å²) in [6.07, 6.45) is 9.31. The summed E-state index contributed by atoms with van der Waals surface area (Å²) in [6, 6.07) is 1.53. The monoisotopic (exact) mass is 240 g/mol. The SMILES string of the molecule is CN1CCCCC1COCCCCNC1CC1. The van der Waals surface area contributed by atoms with Gasteiger partial charge in [-0.25, -0.2) is 0 Å². The van der Waals surface area contributed by atoms with E-state index in [1.807, 2.05) is 0 Å². The molecule has 0 aromatic carbocycles. The van der Waals surface area contributed by atoms with Crippen LogP contribution in [0.5, 0.6) is 0 Å². The Morgan fingerprint density at radius 1 is 1.18 bits per heavy atom. The highest BCUT2D eigenvalue weighted by atomic mass is 16.5. The Bertz CT molecular complexity index is 206. The van der Waals surface area contributed by atoms with Crippen molar-refractivity contribution in [1.82, 2.24) is 10.2 Å². The Hall–Kier alpha value is -0.120. The molecular formula is C14H28N2O. The minimum Gasteiger partial charge on any atom is -0.380 e. The number of ether oxygens (including phenoxy) is 1. The number of hydrogen-bond donors (Lipinski definition) is 1. The molecule has 1 saturated heterocycles. The summed E-state index contributed by atoms with van der Waals surface area (Å²) >= 11 is 0. The standard InChI is InChI=1S/C14H28N2O/c1-16-10-4-2-6-14(16)12-17-11-5-3-9-15-13-7-8-13/h13-15H,2-12H2,1H3. The van der Waals surface area contributed by atoms with Crippen LogP contribution in [0.2, 0.25) is 0 Å². The van der Waals surface area contributed by atoms with Crippen molar-refractivity contribution in [3.63, 3.8) is 0 Å². The van der Waals surface area contributed by atoms with E-state index in [9.17, 15) is 0 Å². The number of likely N-dealkylation sites (tertiary alicyclic amines) is 1. The summed E-state index contributed by atoms with van der Waals surface area (Å²) in [4.78, 5) is 2.46. The highest BCUT2D eigenvalue weighted by molar-refractivity contribution is 4.80. The third kappa shape index (κ3) is 5.36. The third-order valence-electron chi connectivity index (χ3n) is 3.96. The second-order valence-corrected chi connectivity index (χ2v) is 5.64. The van der Waals surface area contributed by atoms with Crippen LogP contribution < -0.4 is 5.32 Å². The average molecular weight is 240 g/mol. The van der Waals surface area contributed by atoms with Crippen LogP contribution in [0, 0.1) is 0 Å². The zero-order valence-corrected chi connectivity index (χ0v) is 11.3. The lowest BCUT2D eigenvalue weighted by Crippen LogP contribution is -2.39. The first kappa shape index (κ1) is 13.3. The molecule has 3 nitrogen and oxygen atoms in total. The first-order chi connectivity index (χ1) is 8.36. The lowest BCUT2D eigenvalue weighted by molar-refractivity contribution is 0.0514. The van der Waals surface area contributed by atoms with Gasteiger partial charge in [-0.3, -0.25) is 0 Å². The maximum Gasteiger partial charge on any atom is 0.0621 e. The van der Waals surface area contributed by atoms with Gasteiger partial charge >= 0.3 is 0 Å². The van der Waals surface area contributed by atoms with E-state index in [-0.39, 0.29) is 0 Å². The summed E-state index contributed by atoms with van der Waals surface area (Å²) in [5.41, 5.74) is 0. The van der Waals surface area contributed by atoms with Gasteiger partial charge in [0.15, 0.2) is 0 Å². The molecule has 1 heterocycles. The van der Waals surface area contributed by atoms with E-state index in [1.54, 1.807) is 0 Å². The molecular weight excluding hydrogens is 212 g/mol. The largest absolute Gasteiger partial charge is 0.380 e. The summed E-state index contributed by atoms with van der Waals surface area (Å²) in [5, 5.41) is 3.54.